The third kappa shape index (κ3) is 6.49. The highest BCUT2D eigenvalue weighted by atomic mass is 127. The Morgan fingerprint density at radius 3 is 2.25 bits per heavy atom. The zero-order valence-corrected chi connectivity index (χ0v) is 21.1. The fourth-order valence-electron chi connectivity index (χ4n) is 4.18. The SMILES string of the molecule is CN=C(NCc1ccc(CN2CCOCC2)cc1)N1CCN(c2ccccc2O)CC1.I. The Hall–Kier alpha value is -2.04. The molecule has 8 heteroatoms. The van der Waals surface area contributed by atoms with Gasteiger partial charge in [-0.25, -0.2) is 0 Å². The maximum absolute atomic E-state index is 10.1. The molecule has 2 aromatic carbocycles. The van der Waals surface area contributed by atoms with E-state index >= 15 is 0 Å². The first-order valence-electron chi connectivity index (χ1n) is 11.1. The Labute approximate surface area is 208 Å². The molecule has 0 atom stereocenters. The third-order valence-electron chi connectivity index (χ3n) is 6.00. The molecule has 0 aromatic heterocycles. The van der Waals surface area contributed by atoms with Gasteiger partial charge in [-0.05, 0) is 23.3 Å². The van der Waals surface area contributed by atoms with Crippen molar-refractivity contribution in [2.75, 3.05) is 64.4 Å². The van der Waals surface area contributed by atoms with Crippen LogP contribution in [-0.2, 0) is 17.8 Å². The van der Waals surface area contributed by atoms with Gasteiger partial charge in [0.2, 0.25) is 0 Å². The lowest BCUT2D eigenvalue weighted by atomic mass is 10.1. The number of hydrogen-bond donors (Lipinski definition) is 2. The molecule has 0 aliphatic carbocycles. The van der Waals surface area contributed by atoms with Crippen molar-refractivity contribution >= 4 is 35.6 Å². The summed E-state index contributed by atoms with van der Waals surface area (Å²) in [6.07, 6.45) is 0. The van der Waals surface area contributed by atoms with Crippen LogP contribution < -0.4 is 10.2 Å². The number of morpholine rings is 1. The second-order valence-corrected chi connectivity index (χ2v) is 8.07. The van der Waals surface area contributed by atoms with Gasteiger partial charge in [0.1, 0.15) is 5.75 Å². The summed E-state index contributed by atoms with van der Waals surface area (Å²) < 4.78 is 5.43. The summed E-state index contributed by atoms with van der Waals surface area (Å²) in [6, 6.07) is 16.4. The van der Waals surface area contributed by atoms with Crippen LogP contribution in [0.15, 0.2) is 53.5 Å². The number of ether oxygens (including phenoxy) is 1. The predicted molar refractivity (Wildman–Crippen MR) is 140 cm³/mol. The topological polar surface area (TPSA) is 63.6 Å². The fraction of sp³-hybridized carbons (Fsp3) is 0.458. The lowest BCUT2D eigenvalue weighted by Gasteiger charge is -2.37. The average Bonchev–Trinajstić information content (AvgIpc) is 2.82. The van der Waals surface area contributed by atoms with Crippen LogP contribution in [0.1, 0.15) is 11.1 Å². The number of phenolic OH excluding ortho intramolecular Hbond substituents is 1. The highest BCUT2D eigenvalue weighted by molar-refractivity contribution is 14.0. The molecule has 174 valence electrons. The maximum Gasteiger partial charge on any atom is 0.194 e. The van der Waals surface area contributed by atoms with Gasteiger partial charge in [-0.3, -0.25) is 9.89 Å². The maximum atomic E-state index is 10.1. The summed E-state index contributed by atoms with van der Waals surface area (Å²) in [7, 11) is 1.84. The van der Waals surface area contributed by atoms with Gasteiger partial charge >= 0.3 is 0 Å². The molecule has 0 amide bonds. The average molecular weight is 551 g/mol. The zero-order chi connectivity index (χ0) is 21.5. The van der Waals surface area contributed by atoms with E-state index in [1.165, 1.54) is 11.1 Å². The number of rotatable bonds is 5. The highest BCUT2D eigenvalue weighted by Crippen LogP contribution is 2.27. The molecule has 2 aromatic rings. The number of anilines is 1. The molecule has 2 heterocycles. The zero-order valence-electron chi connectivity index (χ0n) is 18.7. The Bertz CT molecular complexity index is 863. The van der Waals surface area contributed by atoms with Crippen LogP contribution in [0.5, 0.6) is 5.75 Å². The van der Waals surface area contributed by atoms with E-state index in [1.807, 2.05) is 25.2 Å². The Morgan fingerprint density at radius 1 is 0.938 bits per heavy atom. The minimum atomic E-state index is 0. The summed E-state index contributed by atoms with van der Waals surface area (Å²) >= 11 is 0. The number of aromatic hydroxyl groups is 1. The van der Waals surface area contributed by atoms with E-state index in [9.17, 15) is 5.11 Å². The Balaban J connectivity index is 0.00000289. The number of phenols is 1. The molecule has 32 heavy (non-hydrogen) atoms. The van der Waals surface area contributed by atoms with Crippen LogP contribution in [-0.4, -0.2) is 80.4 Å². The van der Waals surface area contributed by atoms with Gasteiger partial charge in [0, 0.05) is 59.4 Å². The molecule has 2 N–H and O–H groups in total. The van der Waals surface area contributed by atoms with E-state index in [4.69, 9.17) is 4.74 Å². The van der Waals surface area contributed by atoms with Crippen LogP contribution in [0.25, 0.3) is 0 Å². The number of benzene rings is 2. The van der Waals surface area contributed by atoms with Crippen molar-refractivity contribution < 1.29 is 9.84 Å². The smallest absolute Gasteiger partial charge is 0.194 e. The van der Waals surface area contributed by atoms with Gasteiger partial charge in [-0.1, -0.05) is 36.4 Å². The van der Waals surface area contributed by atoms with Gasteiger partial charge in [0.05, 0.1) is 18.9 Å². The van der Waals surface area contributed by atoms with E-state index in [2.05, 4.69) is 49.3 Å². The monoisotopic (exact) mass is 551 g/mol. The third-order valence-corrected chi connectivity index (χ3v) is 6.00. The fourth-order valence-corrected chi connectivity index (χ4v) is 4.18. The number of hydrogen-bond acceptors (Lipinski definition) is 5. The molecule has 2 aliphatic rings. The summed E-state index contributed by atoms with van der Waals surface area (Å²) in [5, 5.41) is 13.6. The van der Waals surface area contributed by atoms with Crippen LogP contribution >= 0.6 is 24.0 Å². The van der Waals surface area contributed by atoms with Crippen molar-refractivity contribution in [1.82, 2.24) is 15.1 Å². The quantitative estimate of drug-likeness (QED) is 0.339. The largest absolute Gasteiger partial charge is 0.506 e. The number of para-hydroxylation sites is 2. The van der Waals surface area contributed by atoms with Crippen LogP contribution in [0, 0.1) is 0 Å². The molecule has 0 bridgehead atoms. The van der Waals surface area contributed by atoms with E-state index in [0.717, 1.165) is 77.2 Å². The predicted octanol–water partition coefficient (Wildman–Crippen LogP) is 2.74. The normalized spacial score (nSPS) is 17.7. The lowest BCUT2D eigenvalue weighted by molar-refractivity contribution is 0.0342. The number of nitrogens with zero attached hydrogens (tertiary/aromatic N) is 4. The summed E-state index contributed by atoms with van der Waals surface area (Å²) in [6.45, 7) is 8.88. The van der Waals surface area contributed by atoms with Gasteiger partial charge in [0.25, 0.3) is 0 Å². The van der Waals surface area contributed by atoms with E-state index < -0.39 is 0 Å². The molecule has 0 saturated carbocycles. The molecular weight excluding hydrogens is 517 g/mol. The molecule has 0 unspecified atom stereocenters. The number of aliphatic imine (C=N–C) groups is 1. The first kappa shape index (κ1) is 24.6. The first-order valence-corrected chi connectivity index (χ1v) is 11.1. The molecule has 0 spiro atoms. The van der Waals surface area contributed by atoms with Crippen molar-refractivity contribution in [2.24, 2.45) is 4.99 Å². The van der Waals surface area contributed by atoms with Crippen molar-refractivity contribution in [3.05, 3.63) is 59.7 Å². The van der Waals surface area contributed by atoms with E-state index in [-0.39, 0.29) is 24.0 Å². The molecule has 2 aliphatic heterocycles. The number of guanidine groups is 1. The van der Waals surface area contributed by atoms with Crippen LogP contribution in [0.4, 0.5) is 5.69 Å². The number of piperazine rings is 1. The van der Waals surface area contributed by atoms with Crippen molar-refractivity contribution in [3.8, 4) is 5.75 Å². The minimum Gasteiger partial charge on any atom is -0.506 e. The number of halogens is 1. The molecule has 2 saturated heterocycles. The molecule has 2 fully saturated rings. The van der Waals surface area contributed by atoms with Gasteiger partial charge in [0.15, 0.2) is 5.96 Å². The molecule has 0 radical (unpaired) electrons. The standard InChI is InChI=1S/C24H33N5O2.HI/c1-25-24(29-12-10-28(11-13-29)22-4-2-3-5-23(22)30)26-18-20-6-8-21(9-7-20)19-27-14-16-31-17-15-27;/h2-9,30H,10-19H2,1H3,(H,25,26);1H. The van der Waals surface area contributed by atoms with Gasteiger partial charge in [-0.15, -0.1) is 24.0 Å². The van der Waals surface area contributed by atoms with Crippen molar-refractivity contribution in [2.45, 2.75) is 13.1 Å². The number of nitrogens with one attached hydrogen (secondary N) is 1. The molecule has 7 nitrogen and oxygen atoms in total. The van der Waals surface area contributed by atoms with Gasteiger partial charge < -0.3 is 25.0 Å². The van der Waals surface area contributed by atoms with Crippen LogP contribution in [0.2, 0.25) is 0 Å². The highest BCUT2D eigenvalue weighted by Gasteiger charge is 2.21. The Morgan fingerprint density at radius 2 is 1.59 bits per heavy atom. The minimum absolute atomic E-state index is 0. The molecular formula is C24H34IN5O2. The Kier molecular flexibility index (Phi) is 9.43. The summed E-state index contributed by atoms with van der Waals surface area (Å²) in [5.41, 5.74) is 3.50. The van der Waals surface area contributed by atoms with Gasteiger partial charge in [-0.2, -0.15) is 0 Å². The molecule has 4 rings (SSSR count). The first-order chi connectivity index (χ1) is 15.2. The van der Waals surface area contributed by atoms with Crippen LogP contribution in [0.3, 0.4) is 0 Å². The second kappa shape index (κ2) is 12.3. The lowest BCUT2D eigenvalue weighted by Crippen LogP contribution is -2.52. The van der Waals surface area contributed by atoms with E-state index in [0.29, 0.717) is 5.75 Å². The van der Waals surface area contributed by atoms with E-state index in [1.54, 1.807) is 6.07 Å². The summed E-state index contributed by atoms with van der Waals surface area (Å²) in [5.74, 6) is 1.27. The summed E-state index contributed by atoms with van der Waals surface area (Å²) in [4.78, 5) is 11.4. The second-order valence-electron chi connectivity index (χ2n) is 8.07. The van der Waals surface area contributed by atoms with Crippen molar-refractivity contribution in [3.63, 3.8) is 0 Å². The van der Waals surface area contributed by atoms with Crippen molar-refractivity contribution in [1.29, 1.82) is 0 Å².